The molecule has 1 aromatic rings. The predicted octanol–water partition coefficient (Wildman–Crippen LogP) is 4.06. The van der Waals surface area contributed by atoms with Crippen LogP contribution in [0.4, 0.5) is 0 Å². The van der Waals surface area contributed by atoms with Crippen molar-refractivity contribution in [3.05, 3.63) is 54.1 Å². The molecule has 14 heavy (non-hydrogen) atoms. The van der Waals surface area contributed by atoms with Crippen molar-refractivity contribution in [2.24, 2.45) is 0 Å². The molecular weight excluding hydrogens is 188 g/mol. The molecule has 1 aliphatic rings. The van der Waals surface area contributed by atoms with E-state index in [-0.39, 0.29) is 0 Å². The normalized spacial score (nSPS) is 15.3. The van der Waals surface area contributed by atoms with E-state index in [1.807, 2.05) is 11.8 Å². The molecule has 0 aliphatic heterocycles. The van der Waals surface area contributed by atoms with Gasteiger partial charge in [-0.15, -0.1) is 11.8 Å². The van der Waals surface area contributed by atoms with Crippen LogP contribution >= 0.6 is 11.8 Å². The largest absolute Gasteiger partial charge is 0.122 e. The molecule has 1 aliphatic carbocycles. The van der Waals surface area contributed by atoms with Crippen molar-refractivity contribution in [1.82, 2.24) is 0 Å². The Bertz CT molecular complexity index is 336. The first-order chi connectivity index (χ1) is 6.95. The maximum atomic E-state index is 2.25. The maximum Gasteiger partial charge on any atom is 0.0193 e. The first-order valence-corrected chi connectivity index (χ1v) is 5.96. The van der Waals surface area contributed by atoms with Crippen molar-refractivity contribution in [2.75, 3.05) is 5.75 Å². The smallest absolute Gasteiger partial charge is 0.0193 e. The Morgan fingerprint density at radius 1 is 1.14 bits per heavy atom. The van der Waals surface area contributed by atoms with E-state index in [2.05, 4.69) is 48.6 Å². The van der Waals surface area contributed by atoms with Crippen LogP contribution in [0.25, 0.3) is 0 Å². The number of rotatable bonds is 3. The molecule has 1 heteroatoms. The minimum Gasteiger partial charge on any atom is -0.122 e. The van der Waals surface area contributed by atoms with Crippen LogP contribution < -0.4 is 0 Å². The third kappa shape index (κ3) is 2.78. The lowest BCUT2D eigenvalue weighted by atomic mass is 10.1. The minimum atomic E-state index is 1.13. The SMILES string of the molecule is C1=CCCC(CSc2ccccc2)=C1. The second-order valence-corrected chi connectivity index (χ2v) is 4.44. The number of thioether (sulfide) groups is 1. The van der Waals surface area contributed by atoms with Crippen molar-refractivity contribution < 1.29 is 0 Å². The third-order valence-corrected chi connectivity index (χ3v) is 3.39. The Hall–Kier alpha value is -0.950. The van der Waals surface area contributed by atoms with Crippen LogP contribution in [0, 0.1) is 0 Å². The molecule has 0 aromatic heterocycles. The van der Waals surface area contributed by atoms with Crippen molar-refractivity contribution in [3.63, 3.8) is 0 Å². The molecule has 0 radical (unpaired) electrons. The van der Waals surface area contributed by atoms with Gasteiger partial charge in [0, 0.05) is 10.6 Å². The van der Waals surface area contributed by atoms with Gasteiger partial charge < -0.3 is 0 Å². The summed E-state index contributed by atoms with van der Waals surface area (Å²) in [6.45, 7) is 0. The predicted molar refractivity (Wildman–Crippen MR) is 63.6 cm³/mol. The monoisotopic (exact) mass is 202 g/mol. The molecule has 0 bridgehead atoms. The summed E-state index contributed by atoms with van der Waals surface area (Å²) in [6, 6.07) is 10.6. The lowest BCUT2D eigenvalue weighted by Gasteiger charge is -2.08. The van der Waals surface area contributed by atoms with Crippen molar-refractivity contribution in [2.45, 2.75) is 17.7 Å². The fraction of sp³-hybridized carbons (Fsp3) is 0.231. The van der Waals surface area contributed by atoms with Gasteiger partial charge in [0.1, 0.15) is 0 Å². The molecule has 0 heterocycles. The Morgan fingerprint density at radius 2 is 2.00 bits per heavy atom. The van der Waals surface area contributed by atoms with Crippen LogP contribution in [0.15, 0.2) is 59.0 Å². The van der Waals surface area contributed by atoms with Crippen LogP contribution in [-0.2, 0) is 0 Å². The van der Waals surface area contributed by atoms with Crippen LogP contribution in [0.3, 0.4) is 0 Å². The molecule has 0 atom stereocenters. The molecule has 0 saturated heterocycles. The van der Waals surface area contributed by atoms with Crippen molar-refractivity contribution in [1.29, 1.82) is 0 Å². The van der Waals surface area contributed by atoms with Gasteiger partial charge in [0.25, 0.3) is 0 Å². The summed E-state index contributed by atoms with van der Waals surface area (Å²) in [7, 11) is 0. The summed E-state index contributed by atoms with van der Waals surface area (Å²) in [4.78, 5) is 1.36. The summed E-state index contributed by atoms with van der Waals surface area (Å²) in [6.07, 6.45) is 9.10. The average molecular weight is 202 g/mol. The molecule has 0 unspecified atom stereocenters. The highest BCUT2D eigenvalue weighted by Crippen LogP contribution is 2.23. The Kier molecular flexibility index (Phi) is 3.47. The quantitative estimate of drug-likeness (QED) is 0.666. The average Bonchev–Trinajstić information content (AvgIpc) is 2.29. The molecule has 0 nitrogen and oxygen atoms in total. The van der Waals surface area contributed by atoms with Gasteiger partial charge in [-0.3, -0.25) is 0 Å². The summed E-state index contributed by atoms with van der Waals surface area (Å²) in [5, 5.41) is 0. The molecule has 2 rings (SSSR count). The second-order valence-electron chi connectivity index (χ2n) is 3.39. The second kappa shape index (κ2) is 5.06. The van der Waals surface area contributed by atoms with Gasteiger partial charge in [-0.2, -0.15) is 0 Å². The van der Waals surface area contributed by atoms with Crippen LogP contribution in [-0.4, -0.2) is 5.75 Å². The highest BCUT2D eigenvalue weighted by Gasteiger charge is 2.00. The molecule has 72 valence electrons. The van der Waals surface area contributed by atoms with E-state index < -0.39 is 0 Å². The van der Waals surface area contributed by atoms with E-state index in [0.29, 0.717) is 0 Å². The summed E-state index contributed by atoms with van der Waals surface area (Å²) >= 11 is 1.92. The number of benzene rings is 1. The van der Waals surface area contributed by atoms with Gasteiger partial charge in [0.2, 0.25) is 0 Å². The number of hydrogen-bond donors (Lipinski definition) is 0. The van der Waals surface area contributed by atoms with Crippen LogP contribution in [0.1, 0.15) is 12.8 Å². The van der Waals surface area contributed by atoms with Gasteiger partial charge in [-0.05, 0) is 25.0 Å². The third-order valence-electron chi connectivity index (χ3n) is 2.27. The zero-order valence-electron chi connectivity index (χ0n) is 8.15. The van der Waals surface area contributed by atoms with E-state index in [1.54, 1.807) is 5.57 Å². The van der Waals surface area contributed by atoms with Gasteiger partial charge in [0.15, 0.2) is 0 Å². The molecule has 0 spiro atoms. The Labute approximate surface area is 89.7 Å². The lowest BCUT2D eigenvalue weighted by Crippen LogP contribution is -1.90. The topological polar surface area (TPSA) is 0 Å². The van der Waals surface area contributed by atoms with Gasteiger partial charge in [-0.25, -0.2) is 0 Å². The molecule has 0 amide bonds. The first kappa shape index (κ1) is 9.60. The number of hydrogen-bond acceptors (Lipinski definition) is 1. The fourth-order valence-corrected chi connectivity index (χ4v) is 2.41. The Morgan fingerprint density at radius 3 is 2.71 bits per heavy atom. The zero-order valence-corrected chi connectivity index (χ0v) is 8.96. The van der Waals surface area contributed by atoms with Gasteiger partial charge >= 0.3 is 0 Å². The lowest BCUT2D eigenvalue weighted by molar-refractivity contribution is 0.966. The molecule has 0 N–H and O–H groups in total. The highest BCUT2D eigenvalue weighted by molar-refractivity contribution is 7.99. The van der Waals surface area contributed by atoms with Crippen LogP contribution in [0.2, 0.25) is 0 Å². The summed E-state index contributed by atoms with van der Waals surface area (Å²) in [5.74, 6) is 1.13. The van der Waals surface area contributed by atoms with Crippen molar-refractivity contribution >= 4 is 11.8 Å². The maximum absolute atomic E-state index is 2.25. The number of allylic oxidation sites excluding steroid dienone is 3. The van der Waals surface area contributed by atoms with Crippen molar-refractivity contribution in [3.8, 4) is 0 Å². The van der Waals surface area contributed by atoms with Gasteiger partial charge in [-0.1, -0.05) is 42.0 Å². The highest BCUT2D eigenvalue weighted by atomic mass is 32.2. The standard InChI is InChI=1S/C13H14S/c1-3-7-12(8-4-1)11-14-13-9-5-2-6-10-13/h1-3,5-7,9-10H,4,8,11H2. The van der Waals surface area contributed by atoms with Gasteiger partial charge in [0.05, 0.1) is 0 Å². The van der Waals surface area contributed by atoms with E-state index in [9.17, 15) is 0 Å². The van der Waals surface area contributed by atoms with E-state index in [1.165, 1.54) is 17.7 Å². The summed E-state index contributed by atoms with van der Waals surface area (Å²) in [5.41, 5.74) is 1.56. The van der Waals surface area contributed by atoms with Crippen LogP contribution in [0.5, 0.6) is 0 Å². The van der Waals surface area contributed by atoms with E-state index >= 15 is 0 Å². The fourth-order valence-electron chi connectivity index (χ4n) is 1.47. The first-order valence-electron chi connectivity index (χ1n) is 4.97. The summed E-state index contributed by atoms with van der Waals surface area (Å²) < 4.78 is 0. The van der Waals surface area contributed by atoms with E-state index in [0.717, 1.165) is 5.75 Å². The molecule has 1 aromatic carbocycles. The molecule has 0 fully saturated rings. The zero-order chi connectivity index (χ0) is 9.64. The Balaban J connectivity index is 1.88. The molecule has 0 saturated carbocycles. The minimum absolute atomic E-state index is 1.13. The van der Waals surface area contributed by atoms with E-state index in [4.69, 9.17) is 0 Å². The molecular formula is C13H14S.